The third-order valence-corrected chi connectivity index (χ3v) is 4.60. The van der Waals surface area contributed by atoms with Gasteiger partial charge in [-0.2, -0.15) is 13.2 Å². The molecule has 2 fully saturated rings. The molecule has 3 heterocycles. The fraction of sp³-hybridized carbons (Fsp3) is 0.688. The topological polar surface area (TPSA) is 58.6 Å². The van der Waals surface area contributed by atoms with Gasteiger partial charge in [-0.1, -0.05) is 0 Å². The molecule has 0 N–H and O–H groups in total. The summed E-state index contributed by atoms with van der Waals surface area (Å²) in [4.78, 5) is 23.7. The largest absolute Gasteiger partial charge is 0.433 e. The van der Waals surface area contributed by atoms with Crippen LogP contribution in [-0.2, 0) is 15.7 Å². The SMILES string of the molecule is Cc1nc(N2CCN(C(=O)C3CCOCC3)CC2)cc(C(F)(F)F)n1. The Kier molecular flexibility index (Phi) is 5.12. The van der Waals surface area contributed by atoms with Gasteiger partial charge in [0.15, 0.2) is 0 Å². The zero-order valence-electron chi connectivity index (χ0n) is 14.1. The Hall–Kier alpha value is -1.90. The van der Waals surface area contributed by atoms with Gasteiger partial charge in [0.25, 0.3) is 0 Å². The maximum Gasteiger partial charge on any atom is 0.433 e. The first-order valence-electron chi connectivity index (χ1n) is 8.39. The Morgan fingerprint density at radius 3 is 2.40 bits per heavy atom. The van der Waals surface area contributed by atoms with Gasteiger partial charge in [-0.05, 0) is 19.8 Å². The Labute approximate surface area is 144 Å². The van der Waals surface area contributed by atoms with E-state index in [0.29, 0.717) is 39.4 Å². The normalized spacial score (nSPS) is 20.0. The molecule has 0 saturated carbocycles. The molecule has 0 aromatic carbocycles. The maximum atomic E-state index is 12.9. The number of amides is 1. The minimum Gasteiger partial charge on any atom is -0.381 e. The van der Waals surface area contributed by atoms with Gasteiger partial charge < -0.3 is 14.5 Å². The first kappa shape index (κ1) is 17.9. The van der Waals surface area contributed by atoms with E-state index in [4.69, 9.17) is 4.74 Å². The van der Waals surface area contributed by atoms with Crippen LogP contribution in [-0.4, -0.2) is 60.2 Å². The average molecular weight is 358 g/mol. The van der Waals surface area contributed by atoms with Crippen molar-refractivity contribution in [3.63, 3.8) is 0 Å². The summed E-state index contributed by atoms with van der Waals surface area (Å²) in [5.41, 5.74) is -0.935. The molecule has 3 rings (SSSR count). The number of halogens is 3. The number of aromatic nitrogens is 2. The van der Waals surface area contributed by atoms with Gasteiger partial charge in [-0.3, -0.25) is 4.79 Å². The van der Waals surface area contributed by atoms with E-state index in [1.165, 1.54) is 6.92 Å². The summed E-state index contributed by atoms with van der Waals surface area (Å²) >= 11 is 0. The van der Waals surface area contributed by atoms with Gasteiger partial charge in [0.1, 0.15) is 17.3 Å². The molecule has 1 aromatic heterocycles. The van der Waals surface area contributed by atoms with Crippen LogP contribution in [0.5, 0.6) is 0 Å². The lowest BCUT2D eigenvalue weighted by Crippen LogP contribution is -2.51. The monoisotopic (exact) mass is 358 g/mol. The van der Waals surface area contributed by atoms with Crippen LogP contribution >= 0.6 is 0 Å². The summed E-state index contributed by atoms with van der Waals surface area (Å²) < 4.78 is 44.0. The lowest BCUT2D eigenvalue weighted by molar-refractivity contribution is -0.141. The standard InChI is InChI=1S/C16H21F3N4O2/c1-11-20-13(16(17,18)19)10-14(21-11)22-4-6-23(7-5-22)15(24)12-2-8-25-9-3-12/h10,12H,2-9H2,1H3. The second-order valence-electron chi connectivity index (χ2n) is 6.36. The van der Waals surface area contributed by atoms with E-state index >= 15 is 0 Å². The molecule has 0 atom stereocenters. The van der Waals surface area contributed by atoms with Crippen molar-refractivity contribution in [3.05, 3.63) is 17.6 Å². The van der Waals surface area contributed by atoms with E-state index in [9.17, 15) is 18.0 Å². The highest BCUT2D eigenvalue weighted by molar-refractivity contribution is 5.79. The third kappa shape index (κ3) is 4.20. The number of carbonyl (C=O) groups excluding carboxylic acids is 1. The van der Waals surface area contributed by atoms with E-state index < -0.39 is 11.9 Å². The first-order valence-corrected chi connectivity index (χ1v) is 8.39. The number of nitrogens with zero attached hydrogens (tertiary/aromatic N) is 4. The average Bonchev–Trinajstić information content (AvgIpc) is 2.61. The highest BCUT2D eigenvalue weighted by atomic mass is 19.4. The van der Waals surface area contributed by atoms with Crippen molar-refractivity contribution in [1.29, 1.82) is 0 Å². The van der Waals surface area contributed by atoms with E-state index in [1.54, 1.807) is 9.80 Å². The summed E-state index contributed by atoms with van der Waals surface area (Å²) in [7, 11) is 0. The minimum absolute atomic E-state index is 0.00146. The molecule has 0 radical (unpaired) electrons. The lowest BCUT2D eigenvalue weighted by atomic mass is 9.98. The van der Waals surface area contributed by atoms with E-state index in [0.717, 1.165) is 18.9 Å². The highest BCUT2D eigenvalue weighted by Gasteiger charge is 2.34. The van der Waals surface area contributed by atoms with E-state index in [2.05, 4.69) is 9.97 Å². The van der Waals surface area contributed by atoms with Crippen molar-refractivity contribution in [2.24, 2.45) is 5.92 Å². The van der Waals surface area contributed by atoms with Crippen LogP contribution in [0.15, 0.2) is 6.07 Å². The van der Waals surface area contributed by atoms with Crippen molar-refractivity contribution in [1.82, 2.24) is 14.9 Å². The van der Waals surface area contributed by atoms with Crippen LogP contribution in [0.25, 0.3) is 0 Å². The lowest BCUT2D eigenvalue weighted by Gasteiger charge is -2.37. The molecule has 2 saturated heterocycles. The number of piperazine rings is 1. The van der Waals surface area contributed by atoms with Crippen molar-refractivity contribution < 1.29 is 22.7 Å². The Morgan fingerprint density at radius 1 is 1.16 bits per heavy atom. The molecule has 1 aromatic rings. The predicted molar refractivity (Wildman–Crippen MR) is 84.1 cm³/mol. The third-order valence-electron chi connectivity index (χ3n) is 4.60. The van der Waals surface area contributed by atoms with Crippen LogP contribution in [0.2, 0.25) is 0 Å². The number of hydrogen-bond donors (Lipinski definition) is 0. The summed E-state index contributed by atoms with van der Waals surface area (Å²) in [5, 5.41) is 0. The molecule has 2 aliphatic rings. The summed E-state index contributed by atoms with van der Waals surface area (Å²) in [5.74, 6) is 0.472. The molecule has 9 heteroatoms. The predicted octanol–water partition coefficient (Wildman–Crippen LogP) is 1.88. The molecule has 0 unspecified atom stereocenters. The molecule has 1 amide bonds. The van der Waals surface area contributed by atoms with Gasteiger partial charge >= 0.3 is 6.18 Å². The van der Waals surface area contributed by atoms with Crippen molar-refractivity contribution in [2.45, 2.75) is 25.9 Å². The molecule has 6 nitrogen and oxygen atoms in total. The van der Waals surface area contributed by atoms with Gasteiger partial charge in [0.2, 0.25) is 5.91 Å². The number of aryl methyl sites for hydroxylation is 1. The Balaban J connectivity index is 1.64. The van der Waals surface area contributed by atoms with E-state index in [1.807, 2.05) is 0 Å². The molecule has 138 valence electrons. The summed E-state index contributed by atoms with van der Waals surface area (Å²) in [6.07, 6.45) is -3.03. The zero-order valence-corrected chi connectivity index (χ0v) is 14.1. The second-order valence-corrected chi connectivity index (χ2v) is 6.36. The highest BCUT2D eigenvalue weighted by Crippen LogP contribution is 2.30. The van der Waals surface area contributed by atoms with Gasteiger partial charge in [-0.25, -0.2) is 9.97 Å². The molecule has 0 bridgehead atoms. The van der Waals surface area contributed by atoms with Gasteiger partial charge in [0, 0.05) is 51.4 Å². The molecule has 0 spiro atoms. The first-order chi connectivity index (χ1) is 11.8. The second kappa shape index (κ2) is 7.15. The number of rotatable bonds is 2. The van der Waals surface area contributed by atoms with Crippen LogP contribution in [0.1, 0.15) is 24.4 Å². The summed E-state index contributed by atoms with van der Waals surface area (Å²) in [6.45, 7) is 4.56. The van der Waals surface area contributed by atoms with Crippen LogP contribution < -0.4 is 4.90 Å². The molecule has 0 aliphatic carbocycles. The van der Waals surface area contributed by atoms with Crippen molar-refractivity contribution in [2.75, 3.05) is 44.3 Å². The molecular weight excluding hydrogens is 337 g/mol. The fourth-order valence-corrected chi connectivity index (χ4v) is 3.22. The van der Waals surface area contributed by atoms with E-state index in [-0.39, 0.29) is 23.5 Å². The number of alkyl halides is 3. The number of carbonyl (C=O) groups is 1. The Bertz CT molecular complexity index is 624. The minimum atomic E-state index is -4.50. The van der Waals surface area contributed by atoms with Crippen LogP contribution in [0, 0.1) is 12.8 Å². The number of anilines is 1. The molecular formula is C16H21F3N4O2. The fourth-order valence-electron chi connectivity index (χ4n) is 3.22. The maximum absolute atomic E-state index is 12.9. The molecule has 25 heavy (non-hydrogen) atoms. The van der Waals surface area contributed by atoms with Crippen molar-refractivity contribution in [3.8, 4) is 0 Å². The molecule has 2 aliphatic heterocycles. The number of hydrogen-bond acceptors (Lipinski definition) is 5. The van der Waals surface area contributed by atoms with Gasteiger partial charge in [-0.15, -0.1) is 0 Å². The quantitative estimate of drug-likeness (QED) is 0.808. The van der Waals surface area contributed by atoms with Gasteiger partial charge in [0.05, 0.1) is 0 Å². The van der Waals surface area contributed by atoms with Crippen LogP contribution in [0.4, 0.5) is 19.0 Å². The van der Waals surface area contributed by atoms with Crippen molar-refractivity contribution >= 4 is 11.7 Å². The zero-order chi connectivity index (χ0) is 18.0. The van der Waals surface area contributed by atoms with Crippen LogP contribution in [0.3, 0.4) is 0 Å². The Morgan fingerprint density at radius 2 is 1.80 bits per heavy atom. The number of ether oxygens (including phenoxy) is 1. The smallest absolute Gasteiger partial charge is 0.381 e. The summed E-state index contributed by atoms with van der Waals surface area (Å²) in [6, 6.07) is 0.975.